The fourth-order valence-corrected chi connectivity index (χ4v) is 3.33. The average Bonchev–Trinajstić information content (AvgIpc) is 2.46. The number of nitrogen functional groups attached to an aromatic ring is 1. The molecular weight excluding hydrogens is 264 g/mol. The first-order chi connectivity index (χ1) is 10.0. The van der Waals surface area contributed by atoms with Crippen LogP contribution in [0.25, 0.3) is 0 Å². The first-order valence-corrected chi connectivity index (χ1v) is 7.80. The van der Waals surface area contributed by atoms with E-state index in [2.05, 4.69) is 12.2 Å². The number of hydrogen-bond donors (Lipinski definition) is 3. The van der Waals surface area contributed by atoms with E-state index >= 15 is 0 Å². The molecule has 1 aliphatic rings. The molecule has 0 radical (unpaired) electrons. The molecule has 0 spiro atoms. The van der Waals surface area contributed by atoms with Gasteiger partial charge in [-0.2, -0.15) is 0 Å². The number of nitrogens with one attached hydrogen (secondary N) is 1. The number of nitrogens with two attached hydrogens (primary N) is 1. The summed E-state index contributed by atoms with van der Waals surface area (Å²) in [6, 6.07) is 7.63. The van der Waals surface area contributed by atoms with E-state index in [1.54, 1.807) is 0 Å². The number of hydrogen-bond acceptors (Lipinski definition) is 3. The highest BCUT2D eigenvalue weighted by Gasteiger charge is 2.35. The number of anilines is 1. The molecule has 1 aromatic carbocycles. The van der Waals surface area contributed by atoms with Crippen molar-refractivity contribution in [3.05, 3.63) is 29.8 Å². The fourth-order valence-electron chi connectivity index (χ4n) is 3.33. The lowest BCUT2D eigenvalue weighted by atomic mass is 9.76. The molecule has 4 nitrogen and oxygen atoms in total. The summed E-state index contributed by atoms with van der Waals surface area (Å²) in [5.41, 5.74) is 7.20. The van der Waals surface area contributed by atoms with Gasteiger partial charge in [-0.25, -0.2) is 0 Å². The third-order valence-corrected chi connectivity index (χ3v) is 4.48. The van der Waals surface area contributed by atoms with E-state index in [1.165, 1.54) is 6.42 Å². The predicted octanol–water partition coefficient (Wildman–Crippen LogP) is 2.26. The first kappa shape index (κ1) is 15.8. The van der Waals surface area contributed by atoms with Crippen molar-refractivity contribution >= 4 is 11.6 Å². The van der Waals surface area contributed by atoms with E-state index in [0.29, 0.717) is 18.8 Å². The van der Waals surface area contributed by atoms with Crippen LogP contribution in [0.1, 0.15) is 44.6 Å². The third kappa shape index (κ3) is 4.21. The highest BCUT2D eigenvalue weighted by atomic mass is 16.3. The van der Waals surface area contributed by atoms with Gasteiger partial charge in [-0.15, -0.1) is 0 Å². The van der Waals surface area contributed by atoms with Crippen LogP contribution in [0.5, 0.6) is 0 Å². The van der Waals surface area contributed by atoms with Crippen LogP contribution in [0.2, 0.25) is 0 Å². The number of carbonyl (C=O) groups excluding carboxylic acids is 1. The Morgan fingerprint density at radius 3 is 2.90 bits per heavy atom. The van der Waals surface area contributed by atoms with E-state index in [-0.39, 0.29) is 12.5 Å². The summed E-state index contributed by atoms with van der Waals surface area (Å²) in [5, 5.41) is 12.8. The molecule has 21 heavy (non-hydrogen) atoms. The van der Waals surface area contributed by atoms with Gasteiger partial charge in [0.25, 0.3) is 0 Å². The Balaban J connectivity index is 1.90. The van der Waals surface area contributed by atoms with Gasteiger partial charge in [0.1, 0.15) is 0 Å². The van der Waals surface area contributed by atoms with Crippen LogP contribution in [0, 0.1) is 5.92 Å². The number of amides is 1. The molecular formula is C17H26N2O2. The van der Waals surface area contributed by atoms with Crippen LogP contribution in [-0.2, 0) is 11.2 Å². The quantitative estimate of drug-likeness (QED) is 0.728. The smallest absolute Gasteiger partial charge is 0.220 e. The molecule has 2 atom stereocenters. The van der Waals surface area contributed by atoms with E-state index in [9.17, 15) is 9.90 Å². The molecule has 0 heterocycles. The lowest BCUT2D eigenvalue weighted by Gasteiger charge is -2.39. The maximum atomic E-state index is 12.2. The van der Waals surface area contributed by atoms with E-state index in [4.69, 9.17) is 5.73 Å². The van der Waals surface area contributed by atoms with Gasteiger partial charge in [0, 0.05) is 12.1 Å². The number of carbonyl (C=O) groups is 1. The Hall–Kier alpha value is -1.55. The Morgan fingerprint density at radius 1 is 1.48 bits per heavy atom. The van der Waals surface area contributed by atoms with Gasteiger partial charge in [-0.05, 0) is 36.8 Å². The lowest BCUT2D eigenvalue weighted by Crippen LogP contribution is -2.53. The summed E-state index contributed by atoms with van der Waals surface area (Å²) >= 11 is 0. The maximum absolute atomic E-state index is 12.2. The molecule has 4 N–H and O–H groups in total. The zero-order valence-electron chi connectivity index (χ0n) is 12.8. The standard InChI is InChI=1S/C17H26N2O2/c1-13-5-4-10-17(11-13,12-20)19-16(21)9-8-14-6-2-3-7-15(14)18/h2-3,6-7,13,20H,4-5,8-12,18H2,1H3,(H,19,21). The van der Waals surface area contributed by atoms with Crippen LogP contribution < -0.4 is 11.1 Å². The molecule has 0 aromatic heterocycles. The predicted molar refractivity (Wildman–Crippen MR) is 84.8 cm³/mol. The lowest BCUT2D eigenvalue weighted by molar-refractivity contribution is -0.124. The Bertz CT molecular complexity index is 489. The second-order valence-electron chi connectivity index (χ2n) is 6.39. The summed E-state index contributed by atoms with van der Waals surface area (Å²) < 4.78 is 0. The third-order valence-electron chi connectivity index (χ3n) is 4.48. The zero-order chi connectivity index (χ0) is 15.3. The first-order valence-electron chi connectivity index (χ1n) is 7.80. The van der Waals surface area contributed by atoms with Crippen molar-refractivity contribution < 1.29 is 9.90 Å². The number of benzene rings is 1. The van der Waals surface area contributed by atoms with Crippen molar-refractivity contribution in [2.24, 2.45) is 5.92 Å². The van der Waals surface area contributed by atoms with Gasteiger partial charge in [-0.3, -0.25) is 4.79 Å². The summed E-state index contributed by atoms with van der Waals surface area (Å²) in [5.74, 6) is 0.553. The molecule has 1 fully saturated rings. The van der Waals surface area contributed by atoms with Crippen molar-refractivity contribution in [3.63, 3.8) is 0 Å². The molecule has 1 amide bonds. The summed E-state index contributed by atoms with van der Waals surface area (Å²) in [4.78, 5) is 12.2. The molecule has 0 bridgehead atoms. The minimum atomic E-state index is -0.420. The monoisotopic (exact) mass is 290 g/mol. The van der Waals surface area contributed by atoms with Crippen molar-refractivity contribution in [2.45, 2.75) is 51.0 Å². The van der Waals surface area contributed by atoms with Crippen LogP contribution in [0.15, 0.2) is 24.3 Å². The van der Waals surface area contributed by atoms with E-state index < -0.39 is 5.54 Å². The minimum Gasteiger partial charge on any atom is -0.399 e. The molecule has 1 saturated carbocycles. The molecule has 116 valence electrons. The number of aliphatic hydroxyl groups excluding tert-OH is 1. The molecule has 1 aromatic rings. The second kappa shape index (κ2) is 6.94. The number of para-hydroxylation sites is 1. The molecule has 0 aliphatic heterocycles. The Kier molecular flexibility index (Phi) is 5.23. The van der Waals surface area contributed by atoms with Gasteiger partial charge in [0.2, 0.25) is 5.91 Å². The van der Waals surface area contributed by atoms with E-state index in [0.717, 1.165) is 30.5 Å². The van der Waals surface area contributed by atoms with Crippen molar-refractivity contribution in [2.75, 3.05) is 12.3 Å². The molecule has 4 heteroatoms. The number of aliphatic hydroxyl groups is 1. The minimum absolute atomic E-state index is 0.00130. The fraction of sp³-hybridized carbons (Fsp3) is 0.588. The van der Waals surface area contributed by atoms with Crippen molar-refractivity contribution in [1.82, 2.24) is 5.32 Å². The highest BCUT2D eigenvalue weighted by molar-refractivity contribution is 5.77. The molecule has 1 aliphatic carbocycles. The average molecular weight is 290 g/mol. The van der Waals surface area contributed by atoms with Crippen molar-refractivity contribution in [1.29, 1.82) is 0 Å². The zero-order valence-corrected chi connectivity index (χ0v) is 12.8. The number of aryl methyl sites for hydroxylation is 1. The van der Waals surface area contributed by atoms with Crippen LogP contribution in [-0.4, -0.2) is 23.2 Å². The van der Waals surface area contributed by atoms with Gasteiger partial charge >= 0.3 is 0 Å². The summed E-state index contributed by atoms with van der Waals surface area (Å²) in [6.07, 6.45) is 5.02. The SMILES string of the molecule is CC1CCCC(CO)(NC(=O)CCc2ccccc2N)C1. The Morgan fingerprint density at radius 2 is 2.24 bits per heavy atom. The molecule has 0 saturated heterocycles. The maximum Gasteiger partial charge on any atom is 0.220 e. The van der Waals surface area contributed by atoms with Crippen LogP contribution >= 0.6 is 0 Å². The van der Waals surface area contributed by atoms with Gasteiger partial charge in [-0.1, -0.05) is 38.0 Å². The topological polar surface area (TPSA) is 75.3 Å². The van der Waals surface area contributed by atoms with Gasteiger partial charge in [0.05, 0.1) is 12.1 Å². The largest absolute Gasteiger partial charge is 0.399 e. The number of rotatable bonds is 5. The van der Waals surface area contributed by atoms with Crippen molar-refractivity contribution in [3.8, 4) is 0 Å². The highest BCUT2D eigenvalue weighted by Crippen LogP contribution is 2.32. The second-order valence-corrected chi connectivity index (χ2v) is 6.39. The molecule has 2 rings (SSSR count). The molecule has 2 unspecified atom stereocenters. The normalized spacial score (nSPS) is 25.5. The van der Waals surface area contributed by atoms with Crippen LogP contribution in [0.3, 0.4) is 0 Å². The van der Waals surface area contributed by atoms with Gasteiger partial charge in [0.15, 0.2) is 0 Å². The summed E-state index contributed by atoms with van der Waals surface area (Å²) in [7, 11) is 0. The Labute approximate surface area is 126 Å². The van der Waals surface area contributed by atoms with Gasteiger partial charge < -0.3 is 16.2 Å². The van der Waals surface area contributed by atoms with E-state index in [1.807, 2.05) is 24.3 Å². The summed E-state index contributed by atoms with van der Waals surface area (Å²) in [6.45, 7) is 2.21. The van der Waals surface area contributed by atoms with Crippen LogP contribution in [0.4, 0.5) is 5.69 Å².